The van der Waals surface area contributed by atoms with E-state index in [9.17, 15) is 9.59 Å². The fourth-order valence-corrected chi connectivity index (χ4v) is 6.40. The van der Waals surface area contributed by atoms with Gasteiger partial charge in [0.1, 0.15) is 16.0 Å². The van der Waals surface area contributed by atoms with Gasteiger partial charge in [0, 0.05) is 49.8 Å². The quantitative estimate of drug-likeness (QED) is 0.438. The number of likely N-dealkylation sites (tertiary alicyclic amines) is 2. The molecule has 0 radical (unpaired) electrons. The van der Waals surface area contributed by atoms with Crippen molar-refractivity contribution in [3.05, 3.63) is 56.2 Å². The third-order valence-electron chi connectivity index (χ3n) is 7.36. The number of hydrogen-bond acceptors (Lipinski definition) is 8. The molecule has 9 nitrogen and oxygen atoms in total. The summed E-state index contributed by atoms with van der Waals surface area (Å²) < 4.78 is 7.83. The smallest absolute Gasteiger partial charge is 0.275 e. The molecule has 2 saturated heterocycles. The lowest BCUT2D eigenvalue weighted by molar-refractivity contribution is -0.134. The van der Waals surface area contributed by atoms with E-state index in [-0.39, 0.29) is 24.1 Å². The van der Waals surface area contributed by atoms with Crippen LogP contribution >= 0.6 is 27.3 Å². The fourth-order valence-electron chi connectivity index (χ4n) is 5.30. The van der Waals surface area contributed by atoms with Gasteiger partial charge in [-0.2, -0.15) is 0 Å². The Morgan fingerprint density at radius 3 is 2.68 bits per heavy atom. The van der Waals surface area contributed by atoms with Crippen molar-refractivity contribution in [3.63, 3.8) is 0 Å². The molecule has 0 aliphatic carbocycles. The number of anilines is 1. The first-order chi connectivity index (χ1) is 17.9. The number of piperidine rings is 2. The molecule has 3 aromatic rings. The predicted octanol–water partition coefficient (Wildman–Crippen LogP) is 3.01. The lowest BCUT2D eigenvalue weighted by Crippen LogP contribution is -2.45. The highest BCUT2D eigenvalue weighted by atomic mass is 79.9. The first kappa shape index (κ1) is 26.1. The Labute approximate surface area is 228 Å². The molecule has 1 amide bonds. The van der Waals surface area contributed by atoms with E-state index in [1.165, 1.54) is 16.9 Å². The highest BCUT2D eigenvalue weighted by molar-refractivity contribution is 9.10. The van der Waals surface area contributed by atoms with E-state index in [1.54, 1.807) is 10.6 Å². The van der Waals surface area contributed by atoms with Gasteiger partial charge in [0.2, 0.25) is 0 Å². The molecule has 2 N–H and O–H groups in total. The molecule has 0 spiro atoms. The zero-order valence-corrected chi connectivity index (χ0v) is 23.6. The fraction of sp³-hybridized carbons (Fsp3) is 0.500. The third kappa shape index (κ3) is 6.00. The highest BCUT2D eigenvalue weighted by Crippen LogP contribution is 2.30. The van der Waals surface area contributed by atoms with E-state index in [0.717, 1.165) is 45.4 Å². The molecular formula is C26H33BrN6O3S. The van der Waals surface area contributed by atoms with Crippen molar-refractivity contribution >= 4 is 44.0 Å². The molecule has 4 heterocycles. The van der Waals surface area contributed by atoms with E-state index in [2.05, 4.69) is 55.6 Å². The first-order valence-electron chi connectivity index (χ1n) is 12.7. The van der Waals surface area contributed by atoms with Crippen LogP contribution in [0.25, 0.3) is 4.96 Å². The third-order valence-corrected chi connectivity index (χ3v) is 8.83. The van der Waals surface area contributed by atoms with E-state index in [1.807, 2.05) is 29.5 Å². The molecular weight excluding hydrogens is 556 g/mol. The second-order valence-corrected chi connectivity index (χ2v) is 11.6. The Morgan fingerprint density at radius 2 is 1.95 bits per heavy atom. The molecule has 11 heteroatoms. The topological polar surface area (TPSA) is 91.2 Å². The van der Waals surface area contributed by atoms with Crippen LogP contribution in [0, 0.1) is 0 Å². The SMILES string of the molecule is CNC1CCN(C(=O)COc2ccc([C@H]3C[C@@H](Nc4nc5sccn5c(=O)c4Br)CN(C)C3)cc2)CC1. The van der Waals surface area contributed by atoms with E-state index >= 15 is 0 Å². The molecule has 2 aliphatic heterocycles. The summed E-state index contributed by atoms with van der Waals surface area (Å²) in [5, 5.41) is 8.65. The molecule has 5 rings (SSSR count). The standard InChI is InChI=1S/C26H33BrN6O3S/c1-28-19-7-9-32(10-8-19)22(34)16-36-21-5-3-17(4-6-21)18-13-20(15-31(2)14-18)29-24-23(27)25(35)33-11-12-37-26(33)30-24/h3-6,11-12,18-20,28-29H,7-10,13-16H2,1-2H3/t18-,20+/m0/s1. The van der Waals surface area contributed by atoms with Crippen LogP contribution in [-0.2, 0) is 4.79 Å². The maximum Gasteiger partial charge on any atom is 0.275 e. The number of fused-ring (bicyclic) bond motifs is 1. The number of thiazole rings is 1. The normalized spacial score (nSPS) is 21.3. The molecule has 1 aromatic carbocycles. The van der Waals surface area contributed by atoms with Crippen LogP contribution < -0.4 is 20.9 Å². The number of benzene rings is 1. The van der Waals surface area contributed by atoms with E-state index in [4.69, 9.17) is 4.74 Å². The largest absolute Gasteiger partial charge is 0.484 e. The Balaban J connectivity index is 1.18. The molecule has 0 unspecified atom stereocenters. The average Bonchev–Trinajstić information content (AvgIpc) is 3.39. The van der Waals surface area contributed by atoms with Crippen LogP contribution in [0.4, 0.5) is 5.82 Å². The summed E-state index contributed by atoms with van der Waals surface area (Å²) in [7, 11) is 4.09. The Hall–Kier alpha value is -2.47. The number of ether oxygens (including phenoxy) is 1. The minimum absolute atomic E-state index is 0.0431. The van der Waals surface area contributed by atoms with Crippen molar-refractivity contribution in [1.82, 2.24) is 24.5 Å². The maximum absolute atomic E-state index is 12.6. The van der Waals surface area contributed by atoms with Crippen LogP contribution in [-0.4, -0.2) is 84.1 Å². The number of amides is 1. The number of nitrogens with zero attached hydrogens (tertiary/aromatic N) is 4. The van der Waals surface area contributed by atoms with Crippen LogP contribution in [0.3, 0.4) is 0 Å². The van der Waals surface area contributed by atoms with Gasteiger partial charge in [-0.15, -0.1) is 11.3 Å². The van der Waals surface area contributed by atoms with Crippen molar-refractivity contribution in [2.45, 2.75) is 37.3 Å². The van der Waals surface area contributed by atoms with Gasteiger partial charge in [-0.1, -0.05) is 12.1 Å². The highest BCUT2D eigenvalue weighted by Gasteiger charge is 2.28. The number of carbonyl (C=O) groups is 1. The van der Waals surface area contributed by atoms with Gasteiger partial charge >= 0.3 is 0 Å². The van der Waals surface area contributed by atoms with Gasteiger partial charge in [0.05, 0.1) is 0 Å². The van der Waals surface area contributed by atoms with E-state index < -0.39 is 0 Å². The minimum atomic E-state index is -0.106. The summed E-state index contributed by atoms with van der Waals surface area (Å²) >= 11 is 4.88. The summed E-state index contributed by atoms with van der Waals surface area (Å²) in [6, 6.07) is 8.74. The molecule has 0 bridgehead atoms. The van der Waals surface area contributed by atoms with Crippen molar-refractivity contribution in [1.29, 1.82) is 0 Å². The van der Waals surface area contributed by atoms with Gasteiger partial charge in [-0.3, -0.25) is 14.0 Å². The molecule has 0 saturated carbocycles. The van der Waals surface area contributed by atoms with Crippen LogP contribution in [0.15, 0.2) is 45.1 Å². The average molecular weight is 590 g/mol. The molecule has 2 aromatic heterocycles. The van der Waals surface area contributed by atoms with E-state index in [0.29, 0.717) is 33.0 Å². The van der Waals surface area contributed by atoms with Gasteiger partial charge in [-0.25, -0.2) is 4.98 Å². The number of halogens is 1. The summed E-state index contributed by atoms with van der Waals surface area (Å²) in [4.78, 5) is 34.7. The molecule has 37 heavy (non-hydrogen) atoms. The number of nitrogens with one attached hydrogen (secondary N) is 2. The van der Waals surface area contributed by atoms with Gasteiger partial charge in [0.15, 0.2) is 11.6 Å². The number of hydrogen-bond donors (Lipinski definition) is 2. The summed E-state index contributed by atoms with van der Waals surface area (Å²) in [5.74, 6) is 1.67. The van der Waals surface area contributed by atoms with Crippen molar-refractivity contribution in [2.24, 2.45) is 0 Å². The lowest BCUT2D eigenvalue weighted by Gasteiger charge is -2.36. The van der Waals surface area contributed by atoms with Gasteiger partial charge in [-0.05, 0) is 72.9 Å². The number of aromatic nitrogens is 2. The number of carbonyl (C=O) groups excluding carboxylic acids is 1. The summed E-state index contributed by atoms with van der Waals surface area (Å²) in [6.45, 7) is 3.43. The number of likely N-dealkylation sites (N-methyl/N-ethyl adjacent to an activating group) is 1. The van der Waals surface area contributed by atoms with Crippen molar-refractivity contribution in [3.8, 4) is 5.75 Å². The summed E-state index contributed by atoms with van der Waals surface area (Å²) in [5.41, 5.74) is 1.12. The van der Waals surface area contributed by atoms with Gasteiger partial charge in [0.25, 0.3) is 11.5 Å². The second kappa shape index (κ2) is 11.5. The number of rotatable bonds is 7. The maximum atomic E-state index is 12.6. The minimum Gasteiger partial charge on any atom is -0.484 e. The lowest BCUT2D eigenvalue weighted by atomic mass is 9.88. The monoisotopic (exact) mass is 588 g/mol. The zero-order valence-electron chi connectivity index (χ0n) is 21.2. The Kier molecular flexibility index (Phi) is 8.13. The second-order valence-electron chi connectivity index (χ2n) is 9.93. The molecule has 198 valence electrons. The first-order valence-corrected chi connectivity index (χ1v) is 14.4. The van der Waals surface area contributed by atoms with Crippen molar-refractivity contribution in [2.75, 3.05) is 52.2 Å². The van der Waals surface area contributed by atoms with Crippen LogP contribution in [0.5, 0.6) is 5.75 Å². The van der Waals surface area contributed by atoms with Gasteiger partial charge < -0.3 is 25.2 Å². The van der Waals surface area contributed by atoms with Crippen molar-refractivity contribution < 1.29 is 9.53 Å². The van der Waals surface area contributed by atoms with Crippen LogP contribution in [0.1, 0.15) is 30.7 Å². The molecule has 2 aliphatic rings. The summed E-state index contributed by atoms with van der Waals surface area (Å²) in [6.07, 6.45) is 4.62. The van der Waals surface area contributed by atoms with Crippen LogP contribution in [0.2, 0.25) is 0 Å². The Morgan fingerprint density at radius 1 is 1.19 bits per heavy atom. The molecule has 2 fully saturated rings. The zero-order chi connectivity index (χ0) is 25.9. The Bertz CT molecular complexity index is 1290. The predicted molar refractivity (Wildman–Crippen MR) is 150 cm³/mol. The molecule has 2 atom stereocenters.